The smallest absolute Gasteiger partial charge is 0.338 e. The third-order valence-electron chi connectivity index (χ3n) is 5.10. The van der Waals surface area contributed by atoms with Gasteiger partial charge in [-0.1, -0.05) is 18.2 Å². The Hall–Kier alpha value is -4.58. The van der Waals surface area contributed by atoms with E-state index >= 15 is 0 Å². The largest absolute Gasteiger partial charge is 0.457 e. The lowest BCUT2D eigenvalue weighted by Gasteiger charge is -2.14. The number of para-hydroxylation sites is 2. The van der Waals surface area contributed by atoms with Crippen LogP contribution in [0.15, 0.2) is 71.6 Å². The Morgan fingerprint density at radius 3 is 2.41 bits per heavy atom. The first-order valence-electron chi connectivity index (χ1n) is 9.93. The summed E-state index contributed by atoms with van der Waals surface area (Å²) in [4.78, 5) is 31.1. The Morgan fingerprint density at radius 2 is 1.68 bits per heavy atom. The van der Waals surface area contributed by atoms with Gasteiger partial charge in [0.1, 0.15) is 6.61 Å². The summed E-state index contributed by atoms with van der Waals surface area (Å²) in [7, 11) is -4.20. The maximum Gasteiger partial charge on any atom is 0.338 e. The quantitative estimate of drug-likeness (QED) is 0.279. The summed E-state index contributed by atoms with van der Waals surface area (Å²) in [5, 5.41) is 12.2. The van der Waals surface area contributed by atoms with Gasteiger partial charge >= 0.3 is 11.7 Å². The average Bonchev–Trinajstić information content (AvgIpc) is 3.19. The highest BCUT2D eigenvalue weighted by atomic mass is 32.2. The van der Waals surface area contributed by atoms with Gasteiger partial charge in [0.15, 0.2) is 11.6 Å². The second-order valence-corrected chi connectivity index (χ2v) is 9.04. The minimum Gasteiger partial charge on any atom is -0.457 e. The van der Waals surface area contributed by atoms with E-state index in [-0.39, 0.29) is 28.8 Å². The molecule has 1 aliphatic heterocycles. The van der Waals surface area contributed by atoms with Crippen LogP contribution in [0.5, 0.6) is 0 Å². The number of fused-ring (bicyclic) bond motifs is 2. The molecule has 12 heteroatoms. The van der Waals surface area contributed by atoms with Crippen molar-refractivity contribution in [1.82, 2.24) is 9.97 Å². The highest BCUT2D eigenvalue weighted by molar-refractivity contribution is 7.92. The summed E-state index contributed by atoms with van der Waals surface area (Å²) in [6.07, 6.45) is 0. The molecule has 0 bridgehead atoms. The lowest BCUT2D eigenvalue weighted by Crippen LogP contribution is -2.16. The molecule has 5 rings (SSSR count). The third kappa shape index (κ3) is 3.97. The molecule has 11 nitrogen and oxygen atoms in total. The van der Waals surface area contributed by atoms with Crippen LogP contribution in [0, 0.1) is 4.91 Å². The lowest BCUT2D eigenvalue weighted by atomic mass is 10.1. The summed E-state index contributed by atoms with van der Waals surface area (Å²) in [6.45, 7) is 0.143. The number of cyclic esters (lactones) is 1. The molecule has 3 N–H and O–H groups in total. The molecule has 0 saturated heterocycles. The van der Waals surface area contributed by atoms with Crippen molar-refractivity contribution >= 4 is 50.0 Å². The van der Waals surface area contributed by atoms with Crippen LogP contribution in [-0.2, 0) is 21.4 Å². The fourth-order valence-electron chi connectivity index (χ4n) is 3.46. The summed E-state index contributed by atoms with van der Waals surface area (Å²) < 4.78 is 33.5. The fraction of sp³-hybridized carbons (Fsp3) is 0.0455. The molecule has 34 heavy (non-hydrogen) atoms. The first kappa shape index (κ1) is 21.3. The number of esters is 1. The van der Waals surface area contributed by atoms with Crippen LogP contribution < -0.4 is 10.0 Å². The van der Waals surface area contributed by atoms with Crippen molar-refractivity contribution in [2.75, 3.05) is 10.0 Å². The molecule has 0 aliphatic carbocycles. The van der Waals surface area contributed by atoms with Crippen LogP contribution in [0.1, 0.15) is 15.9 Å². The van der Waals surface area contributed by atoms with E-state index in [1.165, 1.54) is 18.2 Å². The standard InChI is InChI=1S/C22H15N5O6S/c28-22-17-9-8-14(10-13(17)12-33-22)23-20-21(25-19-7-2-1-6-18(19)24-20)26-34(31,32)16-5-3-4-15(11-16)27(29)30/h1-11H,12H2,(H2-,23,24,25,26,28,29,30)/p+1. The number of hydrogen-bond donors (Lipinski definition) is 3. The number of nitrogens with zero attached hydrogens (tertiary/aromatic N) is 3. The molecule has 0 spiro atoms. The maximum atomic E-state index is 13.0. The Balaban J connectivity index is 1.55. The van der Waals surface area contributed by atoms with Crippen LogP contribution in [0.3, 0.4) is 0 Å². The minimum absolute atomic E-state index is 0.0834. The first-order chi connectivity index (χ1) is 16.3. The SMILES string of the molecule is O=C1OCc2cc(Nc3nc4ccccc4nc3NS(=O)(=O)c3cccc([N+](=O)O)c3)ccc21. The number of rotatable bonds is 6. The number of sulfonamides is 1. The average molecular weight is 478 g/mol. The van der Waals surface area contributed by atoms with E-state index < -0.39 is 20.9 Å². The zero-order chi connectivity index (χ0) is 23.9. The van der Waals surface area contributed by atoms with E-state index in [1.807, 2.05) is 0 Å². The number of ether oxygens (including phenoxy) is 1. The van der Waals surface area contributed by atoms with Crippen molar-refractivity contribution in [3.05, 3.63) is 82.8 Å². The molecule has 0 atom stereocenters. The Labute approximate surface area is 192 Å². The molecule has 0 amide bonds. The van der Waals surface area contributed by atoms with Gasteiger partial charge in [0.05, 0.1) is 26.4 Å². The number of carbonyl (C=O) groups excluding carboxylic acids is 1. The van der Waals surface area contributed by atoms with Gasteiger partial charge in [-0.2, -0.15) is 0 Å². The van der Waals surface area contributed by atoms with Crippen LogP contribution >= 0.6 is 0 Å². The molecule has 3 aromatic carbocycles. The van der Waals surface area contributed by atoms with Gasteiger partial charge in [-0.05, 0) is 36.4 Å². The van der Waals surface area contributed by atoms with Crippen LogP contribution in [-0.4, -0.2) is 34.5 Å². The maximum absolute atomic E-state index is 13.0. The van der Waals surface area contributed by atoms with Crippen molar-refractivity contribution in [3.63, 3.8) is 0 Å². The molecule has 0 unspecified atom stereocenters. The molecule has 0 fully saturated rings. The van der Waals surface area contributed by atoms with Gasteiger partial charge < -0.3 is 10.1 Å². The summed E-state index contributed by atoms with van der Waals surface area (Å²) >= 11 is 0. The number of benzene rings is 3. The topological polar surface area (TPSA) is 151 Å². The van der Waals surface area contributed by atoms with Crippen molar-refractivity contribution in [3.8, 4) is 0 Å². The molecule has 1 aromatic heterocycles. The summed E-state index contributed by atoms with van der Waals surface area (Å²) in [5.74, 6) is -0.363. The number of aromatic nitrogens is 2. The predicted molar refractivity (Wildman–Crippen MR) is 121 cm³/mol. The van der Waals surface area contributed by atoms with Crippen molar-refractivity contribution in [2.45, 2.75) is 11.5 Å². The van der Waals surface area contributed by atoms with Gasteiger partial charge in [-0.25, -0.2) is 28.4 Å². The summed E-state index contributed by atoms with van der Waals surface area (Å²) in [5.41, 5.74) is 2.43. The molecule has 1 aliphatic rings. The zero-order valence-corrected chi connectivity index (χ0v) is 18.1. The minimum atomic E-state index is -4.20. The Bertz CT molecular complexity index is 1590. The second-order valence-electron chi connectivity index (χ2n) is 7.36. The van der Waals surface area contributed by atoms with Gasteiger partial charge in [-0.15, -0.1) is 0 Å². The van der Waals surface area contributed by atoms with Crippen molar-refractivity contribution in [2.24, 2.45) is 0 Å². The highest BCUT2D eigenvalue weighted by Crippen LogP contribution is 2.30. The van der Waals surface area contributed by atoms with E-state index in [2.05, 4.69) is 20.0 Å². The molecular weight excluding hydrogens is 462 g/mol. The van der Waals surface area contributed by atoms with Gasteiger partial charge in [-0.3, -0.25) is 4.72 Å². The molecule has 0 radical (unpaired) electrons. The number of anilines is 3. The number of nitrogens with one attached hydrogen (secondary N) is 2. The first-order valence-corrected chi connectivity index (χ1v) is 11.4. The second kappa shape index (κ2) is 8.08. The summed E-state index contributed by atoms with van der Waals surface area (Å²) in [6, 6.07) is 16.8. The molecular formula is C22H16N5O6S+. The van der Waals surface area contributed by atoms with Crippen LogP contribution in [0.25, 0.3) is 11.0 Å². The normalized spacial score (nSPS) is 12.8. The monoisotopic (exact) mass is 478 g/mol. The van der Waals surface area contributed by atoms with E-state index in [4.69, 9.17) is 9.94 Å². The van der Waals surface area contributed by atoms with E-state index in [1.54, 1.807) is 42.5 Å². The van der Waals surface area contributed by atoms with Crippen molar-refractivity contribution in [1.29, 1.82) is 0 Å². The Kier molecular flexibility index (Phi) is 5.06. The fourth-order valence-corrected chi connectivity index (χ4v) is 4.51. The van der Waals surface area contributed by atoms with Gasteiger partial charge in [0.25, 0.3) is 14.9 Å². The van der Waals surface area contributed by atoms with Crippen LogP contribution in [0.4, 0.5) is 23.0 Å². The van der Waals surface area contributed by atoms with Gasteiger partial charge in [0, 0.05) is 23.4 Å². The Morgan fingerprint density at radius 1 is 0.941 bits per heavy atom. The van der Waals surface area contributed by atoms with E-state index in [0.29, 0.717) is 27.8 Å². The van der Waals surface area contributed by atoms with Crippen LogP contribution in [0.2, 0.25) is 0 Å². The molecule has 170 valence electrons. The third-order valence-corrected chi connectivity index (χ3v) is 6.43. The predicted octanol–water partition coefficient (Wildman–Crippen LogP) is 3.64. The highest BCUT2D eigenvalue weighted by Gasteiger charge is 2.24. The molecule has 4 aromatic rings. The van der Waals surface area contributed by atoms with Gasteiger partial charge in [0.2, 0.25) is 0 Å². The lowest BCUT2D eigenvalue weighted by molar-refractivity contribution is -0.729. The molecule has 2 heterocycles. The number of hydrogen-bond acceptors (Lipinski definition) is 8. The molecule has 0 saturated carbocycles. The van der Waals surface area contributed by atoms with Crippen molar-refractivity contribution < 1.29 is 28.1 Å². The number of carbonyl (C=O) groups is 1. The van der Waals surface area contributed by atoms with E-state index in [9.17, 15) is 18.1 Å². The zero-order valence-electron chi connectivity index (χ0n) is 17.3. The van der Waals surface area contributed by atoms with E-state index in [0.717, 1.165) is 6.07 Å².